The van der Waals surface area contributed by atoms with Crippen LogP contribution in [0.5, 0.6) is 11.5 Å². The highest BCUT2D eigenvalue weighted by molar-refractivity contribution is 5.86. The van der Waals surface area contributed by atoms with E-state index in [1.54, 1.807) is 42.9 Å². The molecule has 2 heterocycles. The van der Waals surface area contributed by atoms with E-state index in [1.807, 2.05) is 0 Å². The summed E-state index contributed by atoms with van der Waals surface area (Å²) in [6, 6.07) is 3.39. The van der Waals surface area contributed by atoms with Crippen LogP contribution >= 0.6 is 0 Å². The molecule has 146 valence electrons. The fourth-order valence-corrected chi connectivity index (χ4v) is 3.03. The zero-order chi connectivity index (χ0) is 20.6. The first-order valence-corrected chi connectivity index (χ1v) is 8.35. The van der Waals surface area contributed by atoms with Gasteiger partial charge < -0.3 is 14.0 Å². The first-order chi connectivity index (χ1) is 13.3. The predicted molar refractivity (Wildman–Crippen MR) is 105 cm³/mol. The van der Waals surface area contributed by atoms with Crippen molar-refractivity contribution in [2.24, 2.45) is 21.1 Å². The van der Waals surface area contributed by atoms with Crippen LogP contribution < -0.4 is 20.7 Å². The minimum atomic E-state index is -0.440. The Morgan fingerprint density at radius 3 is 2.07 bits per heavy atom. The van der Waals surface area contributed by atoms with E-state index in [9.17, 15) is 14.4 Å². The first kappa shape index (κ1) is 19.2. The topological polar surface area (TPSA) is 97.4 Å². The number of nitrogens with zero attached hydrogens (tertiary/aromatic N) is 4. The van der Waals surface area contributed by atoms with Gasteiger partial charge in [-0.2, -0.15) is 0 Å². The van der Waals surface area contributed by atoms with E-state index < -0.39 is 11.2 Å². The molecule has 3 rings (SSSR count). The molecule has 0 unspecified atom stereocenters. The quantitative estimate of drug-likeness (QED) is 0.608. The largest absolute Gasteiger partial charge is 0.496 e. The van der Waals surface area contributed by atoms with E-state index in [1.165, 1.54) is 25.8 Å². The van der Waals surface area contributed by atoms with Crippen molar-refractivity contribution in [1.29, 1.82) is 0 Å². The van der Waals surface area contributed by atoms with Crippen LogP contribution in [0.15, 0.2) is 21.7 Å². The number of aldehydes is 1. The van der Waals surface area contributed by atoms with Gasteiger partial charge in [0.1, 0.15) is 17.3 Å². The van der Waals surface area contributed by atoms with Gasteiger partial charge in [0.25, 0.3) is 5.56 Å². The van der Waals surface area contributed by atoms with Crippen molar-refractivity contribution in [3.05, 3.63) is 49.9 Å². The number of imidazole rings is 1. The van der Waals surface area contributed by atoms with Crippen molar-refractivity contribution in [1.82, 2.24) is 18.7 Å². The zero-order valence-corrected chi connectivity index (χ0v) is 16.2. The van der Waals surface area contributed by atoms with Crippen LogP contribution in [0.2, 0.25) is 0 Å². The van der Waals surface area contributed by atoms with Gasteiger partial charge in [-0.25, -0.2) is 9.78 Å². The average molecular weight is 384 g/mol. The highest BCUT2D eigenvalue weighted by atomic mass is 16.5. The van der Waals surface area contributed by atoms with Gasteiger partial charge in [0, 0.05) is 21.1 Å². The standard InChI is InChI=1S/C19H20N4O5/c1-21-15(20-17-16(21)18(25)23(3)19(26)22(17)2)7-6-11-8-13(27-4)12(10-24)14(9-11)28-5/h6-10H,1-5H3/b7-6+. The normalized spacial score (nSPS) is 11.3. The second-order valence-corrected chi connectivity index (χ2v) is 6.20. The van der Waals surface area contributed by atoms with Crippen molar-refractivity contribution in [2.75, 3.05) is 14.2 Å². The monoisotopic (exact) mass is 384 g/mol. The lowest BCUT2D eigenvalue weighted by Crippen LogP contribution is -2.37. The summed E-state index contributed by atoms with van der Waals surface area (Å²) in [5, 5.41) is 0. The highest BCUT2D eigenvalue weighted by Gasteiger charge is 2.16. The summed E-state index contributed by atoms with van der Waals surface area (Å²) in [6.45, 7) is 0. The van der Waals surface area contributed by atoms with Crippen molar-refractivity contribution < 1.29 is 14.3 Å². The third-order valence-corrected chi connectivity index (χ3v) is 4.62. The van der Waals surface area contributed by atoms with E-state index in [0.717, 1.165) is 4.57 Å². The SMILES string of the molecule is COc1cc(/C=C/c2nc3c(c(=O)n(C)c(=O)n3C)n2C)cc(OC)c1C=O. The number of aryl methyl sites for hydroxylation is 2. The summed E-state index contributed by atoms with van der Waals surface area (Å²) in [5.41, 5.74) is 0.824. The smallest absolute Gasteiger partial charge is 0.332 e. The van der Waals surface area contributed by atoms with Crippen LogP contribution in [0.3, 0.4) is 0 Å². The van der Waals surface area contributed by atoms with E-state index in [2.05, 4.69) is 4.98 Å². The maximum atomic E-state index is 12.4. The van der Waals surface area contributed by atoms with Crippen LogP contribution in [-0.4, -0.2) is 39.2 Å². The number of hydrogen-bond donors (Lipinski definition) is 0. The van der Waals surface area contributed by atoms with Gasteiger partial charge in [0.2, 0.25) is 0 Å². The Morgan fingerprint density at radius 2 is 1.54 bits per heavy atom. The van der Waals surface area contributed by atoms with Gasteiger partial charge in [-0.05, 0) is 23.8 Å². The van der Waals surface area contributed by atoms with Gasteiger partial charge in [-0.1, -0.05) is 6.08 Å². The fraction of sp³-hybridized carbons (Fsp3) is 0.263. The van der Waals surface area contributed by atoms with Crippen molar-refractivity contribution >= 4 is 29.6 Å². The first-order valence-electron chi connectivity index (χ1n) is 8.35. The molecule has 0 aliphatic carbocycles. The Kier molecular flexibility index (Phi) is 4.91. The molecule has 0 bridgehead atoms. The number of carbonyl (C=O) groups excluding carboxylic acids is 1. The minimum absolute atomic E-state index is 0.307. The second-order valence-electron chi connectivity index (χ2n) is 6.20. The summed E-state index contributed by atoms with van der Waals surface area (Å²) >= 11 is 0. The molecule has 2 aromatic heterocycles. The summed E-state index contributed by atoms with van der Waals surface area (Å²) < 4.78 is 14.5. The second kappa shape index (κ2) is 7.18. The van der Waals surface area contributed by atoms with Gasteiger partial charge in [-0.3, -0.25) is 18.7 Å². The van der Waals surface area contributed by atoms with E-state index >= 15 is 0 Å². The lowest BCUT2D eigenvalue weighted by atomic mass is 10.1. The third-order valence-electron chi connectivity index (χ3n) is 4.62. The number of rotatable bonds is 5. The molecular formula is C19H20N4O5. The van der Waals surface area contributed by atoms with Crippen LogP contribution in [-0.2, 0) is 21.1 Å². The molecular weight excluding hydrogens is 364 g/mol. The molecule has 1 aromatic carbocycles. The molecule has 0 N–H and O–H groups in total. The Morgan fingerprint density at radius 1 is 0.929 bits per heavy atom. The summed E-state index contributed by atoms with van der Waals surface area (Å²) in [7, 11) is 7.64. The number of aromatic nitrogens is 4. The summed E-state index contributed by atoms with van der Waals surface area (Å²) in [4.78, 5) is 40.2. The molecule has 9 nitrogen and oxygen atoms in total. The Hall–Kier alpha value is -3.62. The van der Waals surface area contributed by atoms with Crippen molar-refractivity contribution in [2.45, 2.75) is 0 Å². The molecule has 0 fully saturated rings. The molecule has 0 atom stereocenters. The van der Waals surface area contributed by atoms with Crippen LogP contribution in [0.25, 0.3) is 23.3 Å². The molecule has 0 saturated carbocycles. The number of hydrogen-bond acceptors (Lipinski definition) is 6. The van der Waals surface area contributed by atoms with Crippen LogP contribution in [0.4, 0.5) is 0 Å². The van der Waals surface area contributed by atoms with Crippen LogP contribution in [0, 0.1) is 0 Å². The summed E-state index contributed by atoms with van der Waals surface area (Å²) in [6.07, 6.45) is 4.13. The minimum Gasteiger partial charge on any atom is -0.496 e. The van der Waals surface area contributed by atoms with Crippen molar-refractivity contribution in [3.63, 3.8) is 0 Å². The number of fused-ring (bicyclic) bond motifs is 1. The van der Waals surface area contributed by atoms with E-state index in [4.69, 9.17) is 9.47 Å². The maximum Gasteiger partial charge on any atom is 0.332 e. The highest BCUT2D eigenvalue weighted by Crippen LogP contribution is 2.29. The van der Waals surface area contributed by atoms with Crippen molar-refractivity contribution in [3.8, 4) is 11.5 Å². The van der Waals surface area contributed by atoms with Gasteiger partial charge >= 0.3 is 5.69 Å². The lowest BCUT2D eigenvalue weighted by molar-refractivity contribution is 0.111. The summed E-state index contributed by atoms with van der Waals surface area (Å²) in [5.74, 6) is 1.26. The zero-order valence-electron chi connectivity index (χ0n) is 16.2. The maximum absolute atomic E-state index is 12.4. The van der Waals surface area contributed by atoms with Gasteiger partial charge in [0.15, 0.2) is 17.5 Å². The van der Waals surface area contributed by atoms with Gasteiger partial charge in [-0.15, -0.1) is 0 Å². The van der Waals surface area contributed by atoms with E-state index in [-0.39, 0.29) is 0 Å². The molecule has 0 aliphatic heterocycles. The Labute approximate surface area is 160 Å². The molecule has 3 aromatic rings. The number of ether oxygens (including phenoxy) is 2. The molecule has 0 saturated heterocycles. The third kappa shape index (κ3) is 2.90. The molecule has 0 radical (unpaired) electrons. The predicted octanol–water partition coefficient (Wildman–Crippen LogP) is 0.971. The molecule has 0 spiro atoms. The Bertz CT molecular complexity index is 1200. The molecule has 0 aliphatic rings. The molecule has 28 heavy (non-hydrogen) atoms. The lowest BCUT2D eigenvalue weighted by Gasteiger charge is -2.10. The number of methoxy groups -OCH3 is 2. The Balaban J connectivity index is 2.15. The number of carbonyl (C=O) groups is 1. The van der Waals surface area contributed by atoms with Crippen LogP contribution in [0.1, 0.15) is 21.7 Å². The van der Waals surface area contributed by atoms with E-state index in [0.29, 0.717) is 45.9 Å². The fourth-order valence-electron chi connectivity index (χ4n) is 3.03. The van der Waals surface area contributed by atoms with Gasteiger partial charge in [0.05, 0.1) is 19.8 Å². The molecule has 0 amide bonds. The average Bonchev–Trinajstić information content (AvgIpc) is 3.04. The molecule has 9 heteroatoms. The number of benzene rings is 1.